The molecule has 14 heteroatoms. The molecule has 0 spiro atoms. The van der Waals surface area contributed by atoms with Gasteiger partial charge in [0.05, 0.1) is 25.7 Å². The van der Waals surface area contributed by atoms with Crippen LogP contribution in [0.3, 0.4) is 0 Å². The van der Waals surface area contributed by atoms with Gasteiger partial charge in [0.2, 0.25) is 0 Å². The highest BCUT2D eigenvalue weighted by Crippen LogP contribution is 2.54. The molecule has 27 heavy (non-hydrogen) atoms. The predicted molar refractivity (Wildman–Crippen MR) is 79.4 cm³/mol. The Morgan fingerprint density at radius 3 is 1.22 bits per heavy atom. The average Bonchev–Trinajstić information content (AvgIpc) is 2.43. The van der Waals surface area contributed by atoms with E-state index in [1.165, 1.54) is 11.0 Å². The van der Waals surface area contributed by atoms with Crippen molar-refractivity contribution in [3.05, 3.63) is 0 Å². The number of hydrogen-bond donors (Lipinski definition) is 1. The molecule has 0 aliphatic heterocycles. The zero-order valence-electron chi connectivity index (χ0n) is 15.4. The largest absolute Gasteiger partial charge is 0.460 e. The third-order valence-corrected chi connectivity index (χ3v) is 5.38. The molecule has 1 N–H and O–H groups in total. The van der Waals surface area contributed by atoms with Crippen molar-refractivity contribution in [2.75, 3.05) is 13.6 Å². The Labute approximate surface area is 151 Å². The highest BCUT2D eigenvalue weighted by molar-refractivity contribution is 7.87. The quantitative estimate of drug-likeness (QED) is 0.371. The van der Waals surface area contributed by atoms with Crippen molar-refractivity contribution in [2.45, 2.75) is 70.0 Å². The van der Waals surface area contributed by atoms with E-state index in [4.69, 9.17) is 4.55 Å². The van der Waals surface area contributed by atoms with Crippen molar-refractivity contribution in [3.63, 3.8) is 0 Å². The molecule has 166 valence electrons. The molecule has 0 radical (unpaired) electrons. The normalized spacial score (nSPS) is 15.0. The maximum Gasteiger partial charge on any atom is 0.460 e. The second-order valence-electron chi connectivity index (χ2n) is 6.49. The molecule has 0 saturated carbocycles. The van der Waals surface area contributed by atoms with Crippen molar-refractivity contribution in [1.82, 2.24) is 0 Å². The van der Waals surface area contributed by atoms with Crippen LogP contribution < -0.4 is 0 Å². The van der Waals surface area contributed by atoms with Gasteiger partial charge in [0.25, 0.3) is 0 Å². The number of quaternary nitrogens is 1. The van der Waals surface area contributed by atoms with Gasteiger partial charge >= 0.3 is 33.4 Å². The monoisotopic (exact) mass is 444 g/mol. The predicted octanol–water partition coefficient (Wildman–Crippen LogP) is 4.57. The lowest BCUT2D eigenvalue weighted by Gasteiger charge is -2.41. The standard InChI is InChI=1S/C9H22N.C4HF9O3S/c1-7-10(6,8(2)3)9(4)5;5-1(6,3(9,10)11)2(7,8)4(12,13)17(14,15)16/h8-9H,7H2,1-6H3;(H,14,15,16)/q+1;. The molecule has 0 amide bonds. The molecule has 0 aromatic heterocycles. The number of nitrogens with zero attached hydrogens (tertiary/aromatic N) is 1. The van der Waals surface area contributed by atoms with Crippen LogP contribution in [0.2, 0.25) is 0 Å². The number of halogens is 9. The minimum absolute atomic E-state index is 0.741. The van der Waals surface area contributed by atoms with Gasteiger partial charge in [-0.3, -0.25) is 4.55 Å². The van der Waals surface area contributed by atoms with Gasteiger partial charge in [-0.1, -0.05) is 0 Å². The summed E-state index contributed by atoms with van der Waals surface area (Å²) >= 11 is 0. The van der Waals surface area contributed by atoms with Crippen LogP contribution in [0.4, 0.5) is 39.5 Å². The van der Waals surface area contributed by atoms with Gasteiger partial charge < -0.3 is 4.48 Å². The van der Waals surface area contributed by atoms with Gasteiger partial charge in [-0.05, 0) is 34.6 Å². The van der Waals surface area contributed by atoms with E-state index in [0.717, 1.165) is 12.1 Å². The minimum Gasteiger partial charge on any atom is -0.322 e. The van der Waals surface area contributed by atoms with Gasteiger partial charge in [-0.2, -0.15) is 47.9 Å². The van der Waals surface area contributed by atoms with Crippen LogP contribution in [-0.2, 0) is 10.1 Å². The van der Waals surface area contributed by atoms with Gasteiger partial charge in [0, 0.05) is 0 Å². The Kier molecular flexibility index (Phi) is 8.76. The molecule has 0 saturated heterocycles. The first-order valence-corrected chi connectivity index (χ1v) is 8.91. The van der Waals surface area contributed by atoms with E-state index in [2.05, 4.69) is 41.7 Å². The fourth-order valence-electron chi connectivity index (χ4n) is 1.85. The maximum absolute atomic E-state index is 12.2. The van der Waals surface area contributed by atoms with Gasteiger partial charge in [-0.25, -0.2) is 0 Å². The smallest absolute Gasteiger partial charge is 0.322 e. The molecule has 0 atom stereocenters. The third-order valence-electron chi connectivity index (χ3n) is 4.48. The summed E-state index contributed by atoms with van der Waals surface area (Å²) in [5, 5.41) is -7.00. The van der Waals surface area contributed by atoms with Crippen LogP contribution in [0.25, 0.3) is 0 Å². The van der Waals surface area contributed by atoms with Crippen molar-refractivity contribution < 1.29 is 57.0 Å². The summed E-state index contributed by atoms with van der Waals surface area (Å²) in [5.41, 5.74) is 0. The molecule has 0 aliphatic carbocycles. The molecule has 0 aromatic rings. The number of hydrogen-bond acceptors (Lipinski definition) is 2. The van der Waals surface area contributed by atoms with E-state index in [1.54, 1.807) is 0 Å². The fourth-order valence-corrected chi connectivity index (χ4v) is 2.30. The highest BCUT2D eigenvalue weighted by Gasteiger charge is 2.85. The van der Waals surface area contributed by atoms with E-state index in [1.807, 2.05) is 0 Å². The second kappa shape index (κ2) is 8.31. The summed E-state index contributed by atoms with van der Waals surface area (Å²) < 4.78 is 135. The number of alkyl halides is 9. The summed E-state index contributed by atoms with van der Waals surface area (Å²) in [6.07, 6.45) is -7.13. The van der Waals surface area contributed by atoms with Crippen LogP contribution in [0.5, 0.6) is 0 Å². The maximum atomic E-state index is 12.2. The van der Waals surface area contributed by atoms with Crippen molar-refractivity contribution >= 4 is 10.1 Å². The molecule has 0 fully saturated rings. The first-order chi connectivity index (χ1) is 11.4. The van der Waals surface area contributed by atoms with Crippen LogP contribution in [0.15, 0.2) is 0 Å². The van der Waals surface area contributed by atoms with Crippen LogP contribution in [-0.4, -0.2) is 66.4 Å². The van der Waals surface area contributed by atoms with E-state index in [9.17, 15) is 47.9 Å². The zero-order chi connectivity index (χ0) is 22.9. The Morgan fingerprint density at radius 1 is 0.815 bits per heavy atom. The molecule has 4 nitrogen and oxygen atoms in total. The SMILES string of the molecule is CC[N+](C)(C(C)C)C(C)C.O=S(=O)(O)C(F)(F)C(F)(F)C(F)(F)C(F)(F)F. The summed E-state index contributed by atoms with van der Waals surface area (Å²) in [5.74, 6) is -14.7. The van der Waals surface area contributed by atoms with Crippen LogP contribution in [0.1, 0.15) is 34.6 Å². The van der Waals surface area contributed by atoms with Gasteiger partial charge in [-0.15, -0.1) is 0 Å². The van der Waals surface area contributed by atoms with Crippen molar-refractivity contribution in [3.8, 4) is 0 Å². The summed E-state index contributed by atoms with van der Waals surface area (Å²) in [4.78, 5) is 0. The third kappa shape index (κ3) is 5.40. The Hall–Kier alpha value is -0.760. The highest BCUT2D eigenvalue weighted by atomic mass is 32.2. The van der Waals surface area contributed by atoms with E-state index >= 15 is 0 Å². The van der Waals surface area contributed by atoms with Crippen LogP contribution >= 0.6 is 0 Å². The van der Waals surface area contributed by atoms with Crippen molar-refractivity contribution in [1.29, 1.82) is 0 Å². The molecular weight excluding hydrogens is 421 g/mol. The molecule has 0 aromatic carbocycles. The molecule has 0 heterocycles. The molecular formula is C13H23F9NO3S+. The lowest BCUT2D eigenvalue weighted by Crippen LogP contribution is -2.63. The van der Waals surface area contributed by atoms with Crippen molar-refractivity contribution in [2.24, 2.45) is 0 Å². The molecule has 0 unspecified atom stereocenters. The average molecular weight is 444 g/mol. The summed E-state index contributed by atoms with van der Waals surface area (Å²) in [7, 11) is -4.84. The van der Waals surface area contributed by atoms with E-state index < -0.39 is 33.4 Å². The Morgan fingerprint density at radius 2 is 1.11 bits per heavy atom. The van der Waals surface area contributed by atoms with Gasteiger partial charge in [0.15, 0.2) is 0 Å². The van der Waals surface area contributed by atoms with Crippen LogP contribution in [0, 0.1) is 0 Å². The summed E-state index contributed by atoms with van der Waals surface area (Å²) in [6, 6.07) is 1.48. The lowest BCUT2D eigenvalue weighted by molar-refractivity contribution is -0.947. The second-order valence-corrected chi connectivity index (χ2v) is 7.95. The first kappa shape index (κ1) is 28.4. The summed E-state index contributed by atoms with van der Waals surface area (Å²) in [6.45, 7) is 12.7. The zero-order valence-corrected chi connectivity index (χ0v) is 16.2. The topological polar surface area (TPSA) is 54.4 Å². The molecule has 0 aliphatic rings. The minimum atomic E-state index is -7.37. The van der Waals surface area contributed by atoms with E-state index in [0.29, 0.717) is 0 Å². The molecule has 0 bridgehead atoms. The fraction of sp³-hybridized carbons (Fsp3) is 1.00. The van der Waals surface area contributed by atoms with E-state index in [-0.39, 0.29) is 0 Å². The molecule has 0 rings (SSSR count). The number of rotatable bonds is 6. The lowest BCUT2D eigenvalue weighted by atomic mass is 10.1. The van der Waals surface area contributed by atoms with Gasteiger partial charge in [0.1, 0.15) is 0 Å². The Bertz CT molecular complexity index is 578. The first-order valence-electron chi connectivity index (χ1n) is 7.47. The Balaban J connectivity index is 0.